The largest absolute Gasteiger partial charge is 0.455 e. The van der Waals surface area contributed by atoms with E-state index >= 15 is 0 Å². The van der Waals surface area contributed by atoms with Gasteiger partial charge in [-0.2, -0.15) is 0 Å². The van der Waals surface area contributed by atoms with Gasteiger partial charge in [0.1, 0.15) is 11.2 Å². The molecule has 0 spiro atoms. The molecule has 2 nitrogen and oxygen atoms in total. The van der Waals surface area contributed by atoms with Crippen molar-refractivity contribution in [2.24, 2.45) is 7.05 Å². The molecule has 2 aromatic heterocycles. The summed E-state index contributed by atoms with van der Waals surface area (Å²) < 4.78 is 8.56. The van der Waals surface area contributed by atoms with Crippen molar-refractivity contribution in [2.75, 3.05) is 0 Å². The highest BCUT2D eigenvalue weighted by atomic mass is 16.3. The average Bonchev–Trinajstić information content (AvgIpc) is 3.11. The van der Waals surface area contributed by atoms with Crippen molar-refractivity contribution >= 4 is 43.7 Å². The third-order valence-electron chi connectivity index (χ3n) is 5.12. The topological polar surface area (TPSA) is 18.1 Å². The van der Waals surface area contributed by atoms with Gasteiger partial charge in [0.05, 0.1) is 10.9 Å². The second-order valence-corrected chi connectivity index (χ2v) is 6.60. The van der Waals surface area contributed by atoms with Crippen LogP contribution in [-0.4, -0.2) is 4.57 Å². The molecule has 2 heteroatoms. The van der Waals surface area contributed by atoms with Crippen molar-refractivity contribution in [1.29, 1.82) is 0 Å². The summed E-state index contributed by atoms with van der Waals surface area (Å²) in [5.74, 6) is 0. The van der Waals surface area contributed by atoms with Crippen LogP contribution in [0.3, 0.4) is 0 Å². The Hall–Kier alpha value is -2.74. The fraction of sp³-hybridized carbons (Fsp3) is 0.182. The molecule has 118 valence electrons. The molecule has 0 N–H and O–H groups in total. The lowest BCUT2D eigenvalue weighted by Gasteiger charge is -1.98. The molecule has 5 aromatic rings. The molecule has 0 amide bonds. The number of nitrogens with zero attached hydrogens (tertiary/aromatic N) is 1. The molecule has 2 heterocycles. The van der Waals surface area contributed by atoms with Crippen molar-refractivity contribution < 1.29 is 4.42 Å². The van der Waals surface area contributed by atoms with Crippen LogP contribution in [0.2, 0.25) is 0 Å². The van der Waals surface area contributed by atoms with Gasteiger partial charge >= 0.3 is 0 Å². The van der Waals surface area contributed by atoms with Gasteiger partial charge in [-0.25, -0.2) is 0 Å². The monoisotopic (exact) mass is 313 g/mol. The van der Waals surface area contributed by atoms with E-state index in [1.165, 1.54) is 38.1 Å². The molecule has 24 heavy (non-hydrogen) atoms. The van der Waals surface area contributed by atoms with Crippen LogP contribution in [-0.2, 0) is 13.5 Å². The van der Waals surface area contributed by atoms with Gasteiger partial charge in [-0.05, 0) is 42.3 Å². The number of hydrogen-bond acceptors (Lipinski definition) is 1. The molecule has 0 radical (unpaired) electrons. The fourth-order valence-corrected chi connectivity index (χ4v) is 3.97. The standard InChI is InChI=1S/C22H19NO/c1-3-6-14-9-12-20-17(13-14)15-10-11-19-21(22(15)24-20)16-7-4-5-8-18(16)23(19)2/h4-5,7-13H,3,6H2,1-2H3. The van der Waals surface area contributed by atoms with Crippen molar-refractivity contribution in [3.63, 3.8) is 0 Å². The molecule has 0 fully saturated rings. The van der Waals surface area contributed by atoms with E-state index in [0.29, 0.717) is 0 Å². The second-order valence-electron chi connectivity index (χ2n) is 6.60. The number of benzene rings is 3. The van der Waals surface area contributed by atoms with Crippen LogP contribution in [0.15, 0.2) is 59.0 Å². The second kappa shape index (κ2) is 4.88. The zero-order chi connectivity index (χ0) is 16.3. The summed E-state index contributed by atoms with van der Waals surface area (Å²) in [5.41, 5.74) is 5.83. The predicted octanol–water partition coefficient (Wildman–Crippen LogP) is 6.18. The van der Waals surface area contributed by atoms with Gasteiger partial charge in [-0.3, -0.25) is 0 Å². The van der Waals surface area contributed by atoms with E-state index in [0.717, 1.165) is 24.0 Å². The summed E-state index contributed by atoms with van der Waals surface area (Å²) in [6, 6.07) is 19.6. The Morgan fingerprint density at radius 3 is 2.62 bits per heavy atom. The minimum Gasteiger partial charge on any atom is -0.455 e. The van der Waals surface area contributed by atoms with Gasteiger partial charge in [0.25, 0.3) is 0 Å². The quantitative estimate of drug-likeness (QED) is 0.380. The van der Waals surface area contributed by atoms with Crippen molar-refractivity contribution in [1.82, 2.24) is 4.57 Å². The zero-order valence-corrected chi connectivity index (χ0v) is 14.0. The summed E-state index contributed by atoms with van der Waals surface area (Å²) in [7, 11) is 2.12. The molecule has 3 aromatic carbocycles. The van der Waals surface area contributed by atoms with Crippen LogP contribution in [0.1, 0.15) is 18.9 Å². The Labute approximate surface area is 140 Å². The molecule has 0 aliphatic rings. The third-order valence-corrected chi connectivity index (χ3v) is 5.12. The molecule has 5 rings (SSSR count). The Morgan fingerprint density at radius 1 is 0.875 bits per heavy atom. The van der Waals surface area contributed by atoms with Gasteiger partial charge in [0.15, 0.2) is 0 Å². The first-order chi connectivity index (χ1) is 11.8. The van der Waals surface area contributed by atoms with Crippen molar-refractivity contribution in [3.8, 4) is 0 Å². The summed E-state index contributed by atoms with van der Waals surface area (Å²) in [4.78, 5) is 0. The van der Waals surface area contributed by atoms with E-state index in [9.17, 15) is 0 Å². The van der Waals surface area contributed by atoms with Crippen LogP contribution in [0.4, 0.5) is 0 Å². The molecule has 0 aliphatic carbocycles. The van der Waals surface area contributed by atoms with E-state index in [-0.39, 0.29) is 0 Å². The van der Waals surface area contributed by atoms with E-state index in [1.54, 1.807) is 0 Å². The number of hydrogen-bond donors (Lipinski definition) is 0. The summed E-state index contributed by atoms with van der Waals surface area (Å²) in [5, 5.41) is 4.92. The molecule has 0 atom stereocenters. The van der Waals surface area contributed by atoms with Crippen LogP contribution in [0.25, 0.3) is 43.7 Å². The van der Waals surface area contributed by atoms with Crippen LogP contribution < -0.4 is 0 Å². The van der Waals surface area contributed by atoms with Gasteiger partial charge < -0.3 is 8.98 Å². The first-order valence-electron chi connectivity index (χ1n) is 8.59. The minimum absolute atomic E-state index is 0.977. The fourth-order valence-electron chi connectivity index (χ4n) is 3.97. The maximum atomic E-state index is 6.31. The Morgan fingerprint density at radius 2 is 1.75 bits per heavy atom. The number of aromatic nitrogens is 1. The summed E-state index contributed by atoms with van der Waals surface area (Å²) >= 11 is 0. The van der Waals surface area contributed by atoms with E-state index in [4.69, 9.17) is 4.42 Å². The van der Waals surface area contributed by atoms with Crippen LogP contribution in [0, 0.1) is 0 Å². The van der Waals surface area contributed by atoms with Gasteiger partial charge in [-0.1, -0.05) is 37.6 Å². The molecule has 0 unspecified atom stereocenters. The lowest BCUT2D eigenvalue weighted by molar-refractivity contribution is 0.672. The molecule has 0 saturated heterocycles. The smallest absolute Gasteiger partial charge is 0.145 e. The third kappa shape index (κ3) is 1.71. The van der Waals surface area contributed by atoms with E-state index < -0.39 is 0 Å². The van der Waals surface area contributed by atoms with Gasteiger partial charge in [0, 0.05) is 28.7 Å². The molecular formula is C22H19NO. The highest BCUT2D eigenvalue weighted by Gasteiger charge is 2.16. The highest BCUT2D eigenvalue weighted by molar-refractivity contribution is 6.23. The Kier molecular flexibility index (Phi) is 2.78. The van der Waals surface area contributed by atoms with Crippen LogP contribution >= 0.6 is 0 Å². The number of fused-ring (bicyclic) bond motifs is 7. The maximum Gasteiger partial charge on any atom is 0.145 e. The number of furan rings is 1. The Balaban J connectivity index is 1.97. The van der Waals surface area contributed by atoms with Crippen molar-refractivity contribution in [2.45, 2.75) is 19.8 Å². The predicted molar refractivity (Wildman–Crippen MR) is 102 cm³/mol. The SMILES string of the molecule is CCCc1ccc2oc3c(ccc4c3c3ccccc3n4C)c2c1. The number of rotatable bonds is 2. The lowest BCUT2D eigenvalue weighted by atomic mass is 10.0. The normalized spacial score (nSPS) is 12.1. The first kappa shape index (κ1) is 13.7. The molecular weight excluding hydrogens is 294 g/mol. The minimum atomic E-state index is 0.977. The van der Waals surface area contributed by atoms with Gasteiger partial charge in [-0.15, -0.1) is 0 Å². The number of aryl methyl sites for hydroxylation is 2. The van der Waals surface area contributed by atoms with E-state index in [2.05, 4.69) is 73.1 Å². The zero-order valence-electron chi connectivity index (χ0n) is 14.0. The molecule has 0 saturated carbocycles. The van der Waals surface area contributed by atoms with Crippen LogP contribution in [0.5, 0.6) is 0 Å². The average molecular weight is 313 g/mol. The van der Waals surface area contributed by atoms with Crippen molar-refractivity contribution in [3.05, 3.63) is 60.2 Å². The Bertz CT molecular complexity index is 1220. The lowest BCUT2D eigenvalue weighted by Crippen LogP contribution is -1.85. The first-order valence-corrected chi connectivity index (χ1v) is 8.59. The highest BCUT2D eigenvalue weighted by Crippen LogP contribution is 2.38. The number of para-hydroxylation sites is 1. The summed E-state index contributed by atoms with van der Waals surface area (Å²) in [6.07, 6.45) is 2.27. The molecule has 0 aliphatic heterocycles. The maximum absolute atomic E-state index is 6.31. The van der Waals surface area contributed by atoms with Gasteiger partial charge in [0.2, 0.25) is 0 Å². The van der Waals surface area contributed by atoms with E-state index in [1.807, 2.05) is 0 Å². The molecule has 0 bridgehead atoms. The summed E-state index contributed by atoms with van der Waals surface area (Å²) in [6.45, 7) is 2.22.